The summed E-state index contributed by atoms with van der Waals surface area (Å²) in [6.45, 7) is 5.41. The average Bonchev–Trinajstić information content (AvgIpc) is 3.61. The molecule has 5 aliphatic carbocycles. The molecule has 7 aliphatic rings. The Morgan fingerprint density at radius 2 is 1.88 bits per heavy atom. The maximum atomic E-state index is 14.1. The largest absolute Gasteiger partial charge is 0.454 e. The van der Waals surface area contributed by atoms with Crippen LogP contribution in [-0.4, -0.2) is 99.1 Å². The number of carbonyl (C=O) groups excluding carboxylic acids is 2. The van der Waals surface area contributed by atoms with Gasteiger partial charge in [0.25, 0.3) is 0 Å². The van der Waals surface area contributed by atoms with E-state index in [4.69, 9.17) is 28.4 Å². The van der Waals surface area contributed by atoms with Crippen LogP contribution in [0.25, 0.3) is 0 Å². The summed E-state index contributed by atoms with van der Waals surface area (Å²) in [6, 6.07) is 7.32. The molecule has 7 fully saturated rings. The Labute approximate surface area is 253 Å². The Morgan fingerprint density at radius 1 is 1.07 bits per heavy atom. The molecule has 1 aromatic carbocycles. The molecule has 10 heteroatoms. The van der Waals surface area contributed by atoms with Crippen molar-refractivity contribution in [1.82, 2.24) is 4.90 Å². The van der Waals surface area contributed by atoms with Crippen molar-refractivity contribution in [3.63, 3.8) is 0 Å². The topological polar surface area (TPSA) is 105 Å². The van der Waals surface area contributed by atoms with Gasteiger partial charge in [0.2, 0.25) is 5.91 Å². The van der Waals surface area contributed by atoms with E-state index in [2.05, 4.69) is 17.1 Å². The van der Waals surface area contributed by atoms with E-state index < -0.39 is 22.8 Å². The zero-order valence-electron chi connectivity index (χ0n) is 25.8. The lowest BCUT2D eigenvalue weighted by molar-refractivity contribution is -0.305. The van der Waals surface area contributed by atoms with Crippen LogP contribution in [0.5, 0.6) is 0 Å². The number of amides is 1. The fraction of sp³-hybridized carbons (Fsp3) is 0.758. The van der Waals surface area contributed by atoms with Gasteiger partial charge in [-0.25, -0.2) is 4.79 Å². The van der Waals surface area contributed by atoms with Crippen LogP contribution in [0.15, 0.2) is 24.3 Å². The highest BCUT2D eigenvalue weighted by atomic mass is 16.7. The van der Waals surface area contributed by atoms with Gasteiger partial charge in [0, 0.05) is 76.3 Å². The number of methoxy groups -OCH3 is 3. The van der Waals surface area contributed by atoms with Gasteiger partial charge in [-0.2, -0.15) is 0 Å². The fourth-order valence-corrected chi connectivity index (χ4v) is 12.4. The van der Waals surface area contributed by atoms with Gasteiger partial charge in [0.1, 0.15) is 23.6 Å². The molecule has 7 bridgehead atoms. The van der Waals surface area contributed by atoms with Crippen molar-refractivity contribution in [2.75, 3.05) is 46.5 Å². The number of ether oxygens (including phenoxy) is 6. The lowest BCUT2D eigenvalue weighted by Gasteiger charge is -2.70. The molecule has 234 valence electrons. The van der Waals surface area contributed by atoms with Gasteiger partial charge in [-0.3, -0.25) is 9.69 Å². The van der Waals surface area contributed by atoms with Gasteiger partial charge in [-0.15, -0.1) is 0 Å². The molecule has 2 saturated heterocycles. The number of piperidine rings is 1. The maximum absolute atomic E-state index is 14.1. The minimum atomic E-state index is -0.710. The second kappa shape index (κ2) is 9.47. The minimum Gasteiger partial charge on any atom is -0.454 e. The van der Waals surface area contributed by atoms with Crippen molar-refractivity contribution >= 4 is 17.6 Å². The molecule has 1 amide bonds. The van der Waals surface area contributed by atoms with Gasteiger partial charge in [0.05, 0.1) is 29.6 Å². The Bertz CT molecular complexity index is 1340. The number of carbonyl (C=O) groups is 2. The third-order valence-electron chi connectivity index (χ3n) is 13.2. The van der Waals surface area contributed by atoms with Crippen molar-refractivity contribution in [2.45, 2.75) is 87.1 Å². The molecule has 10 nitrogen and oxygen atoms in total. The Kier molecular flexibility index (Phi) is 6.25. The summed E-state index contributed by atoms with van der Waals surface area (Å²) in [7, 11) is 5.47. The lowest BCUT2D eigenvalue weighted by atomic mass is 9.44. The fourth-order valence-electron chi connectivity index (χ4n) is 12.4. The second-order valence-corrected chi connectivity index (χ2v) is 14.0. The number of rotatable bonds is 7. The number of likely N-dealkylation sites (N-methyl/N-ethyl adjacent to an activating group) is 1. The smallest absolute Gasteiger partial charge is 0.340 e. The van der Waals surface area contributed by atoms with E-state index in [-0.39, 0.29) is 66.1 Å². The summed E-state index contributed by atoms with van der Waals surface area (Å²) >= 11 is 0. The van der Waals surface area contributed by atoms with Crippen molar-refractivity contribution < 1.29 is 38.0 Å². The summed E-state index contributed by atoms with van der Waals surface area (Å²) < 4.78 is 39.7. The summed E-state index contributed by atoms with van der Waals surface area (Å²) in [5, 5.41) is 2.82. The van der Waals surface area contributed by atoms with Crippen LogP contribution < -0.4 is 5.32 Å². The number of nitrogens with one attached hydrogen (secondary N) is 1. The molecule has 0 radical (unpaired) electrons. The van der Waals surface area contributed by atoms with Gasteiger partial charge >= 0.3 is 5.97 Å². The molecule has 2 spiro atoms. The predicted molar refractivity (Wildman–Crippen MR) is 154 cm³/mol. The quantitative estimate of drug-likeness (QED) is 0.475. The van der Waals surface area contributed by atoms with Crippen molar-refractivity contribution in [3.8, 4) is 0 Å². The molecular formula is C33H44N2O8. The Morgan fingerprint density at radius 3 is 2.60 bits per heavy atom. The number of benzene rings is 1. The number of nitrogens with zero attached hydrogens (tertiary/aromatic N) is 1. The standard InChI is InChI=1S/C33H44N2O8/c1-6-35-16-30(43-29(37)19-9-7-8-10-22(19)34-18(2)36)12-11-26(39-4)32-24(30)14-21(27(32)35)31-15-23(38-3)20-13-25(32)33(31,28(20)40-5)42-17-41-31/h7-10,20-21,23-28H,6,11-17H2,1-5H3,(H,34,36)/t20-,21-,23+,24-,25?,26+,27?,28+,30-,31+,32+,33+/m0/s1. The Hall–Kier alpha value is -2.08. The molecule has 0 aromatic heterocycles. The zero-order valence-corrected chi connectivity index (χ0v) is 25.8. The van der Waals surface area contributed by atoms with E-state index in [0.29, 0.717) is 24.2 Å². The molecule has 12 atom stereocenters. The SMILES string of the molecule is CCN1C[C@@]2(OC(=O)c3ccccc3NC(C)=O)CC[C@@H](OC)[C@@]34C1[C@H](C[C@@H]23)[C@]12C[C@@H](OC)[C@@H]3CC4[C@@]1(OCO2)[C@@H]3OC. The highest BCUT2D eigenvalue weighted by Crippen LogP contribution is 2.81. The third-order valence-corrected chi connectivity index (χ3v) is 13.2. The molecular weight excluding hydrogens is 552 g/mol. The van der Waals surface area contributed by atoms with Crippen LogP contribution in [-0.2, 0) is 33.2 Å². The molecule has 2 unspecified atom stereocenters. The zero-order chi connectivity index (χ0) is 29.9. The van der Waals surface area contributed by atoms with E-state index in [9.17, 15) is 9.59 Å². The molecule has 1 N–H and O–H groups in total. The van der Waals surface area contributed by atoms with Crippen molar-refractivity contribution in [2.24, 2.45) is 29.1 Å². The number of likely N-dealkylation sites (tertiary alicyclic amines) is 1. The molecule has 8 rings (SSSR count). The summed E-state index contributed by atoms with van der Waals surface area (Å²) in [5.41, 5.74) is -1.33. The van der Waals surface area contributed by atoms with Crippen LogP contribution >= 0.6 is 0 Å². The van der Waals surface area contributed by atoms with Crippen LogP contribution in [0.4, 0.5) is 5.69 Å². The highest BCUT2D eigenvalue weighted by molar-refractivity contribution is 6.00. The summed E-state index contributed by atoms with van der Waals surface area (Å²) in [4.78, 5) is 28.7. The first-order valence-electron chi connectivity index (χ1n) is 16.0. The van der Waals surface area contributed by atoms with E-state index in [0.717, 1.165) is 32.2 Å². The van der Waals surface area contributed by atoms with Crippen LogP contribution in [0, 0.1) is 29.1 Å². The highest BCUT2D eigenvalue weighted by Gasteiger charge is 2.91. The van der Waals surface area contributed by atoms with E-state index in [1.165, 1.54) is 6.92 Å². The monoisotopic (exact) mass is 596 g/mol. The van der Waals surface area contributed by atoms with Crippen LogP contribution in [0.2, 0.25) is 0 Å². The van der Waals surface area contributed by atoms with E-state index >= 15 is 0 Å². The van der Waals surface area contributed by atoms with Gasteiger partial charge < -0.3 is 33.7 Å². The van der Waals surface area contributed by atoms with Crippen LogP contribution in [0.3, 0.4) is 0 Å². The van der Waals surface area contributed by atoms with Gasteiger partial charge in [-0.1, -0.05) is 19.1 Å². The van der Waals surface area contributed by atoms with Gasteiger partial charge in [-0.05, 0) is 44.4 Å². The number of hydrogen-bond donors (Lipinski definition) is 1. The molecule has 2 aliphatic heterocycles. The summed E-state index contributed by atoms with van der Waals surface area (Å²) in [6.07, 6.45) is 3.91. The number of hydrogen-bond acceptors (Lipinski definition) is 9. The molecule has 43 heavy (non-hydrogen) atoms. The van der Waals surface area contributed by atoms with Crippen molar-refractivity contribution in [3.05, 3.63) is 29.8 Å². The number of anilines is 1. The normalized spacial score (nSPS) is 48.6. The predicted octanol–water partition coefficient (Wildman–Crippen LogP) is 3.24. The number of para-hydroxylation sites is 1. The van der Waals surface area contributed by atoms with Crippen molar-refractivity contribution in [1.29, 1.82) is 0 Å². The first kappa shape index (κ1) is 28.4. The lowest BCUT2D eigenvalue weighted by Crippen LogP contribution is -2.82. The first-order chi connectivity index (χ1) is 20.8. The second-order valence-electron chi connectivity index (χ2n) is 14.0. The number of esters is 1. The third kappa shape index (κ3) is 3.15. The van der Waals surface area contributed by atoms with E-state index in [1.807, 2.05) is 26.4 Å². The average molecular weight is 597 g/mol. The Balaban J connectivity index is 1.29. The van der Waals surface area contributed by atoms with Crippen LogP contribution in [0.1, 0.15) is 56.3 Å². The molecule has 1 aromatic rings. The number of fused-ring (bicyclic) bond motifs is 1. The molecule has 5 saturated carbocycles. The minimum absolute atomic E-state index is 0.0141. The van der Waals surface area contributed by atoms with Gasteiger partial charge in [0.15, 0.2) is 0 Å². The van der Waals surface area contributed by atoms with E-state index in [1.54, 1.807) is 19.2 Å². The first-order valence-corrected chi connectivity index (χ1v) is 16.0. The maximum Gasteiger partial charge on any atom is 0.340 e. The molecule has 2 heterocycles. The summed E-state index contributed by atoms with van der Waals surface area (Å²) in [5.74, 6) is -0.131.